The summed E-state index contributed by atoms with van der Waals surface area (Å²) in [6.45, 7) is 1.69. The van der Waals surface area contributed by atoms with E-state index in [2.05, 4.69) is 21.2 Å². The second-order valence-electron chi connectivity index (χ2n) is 5.81. The lowest BCUT2D eigenvalue weighted by Crippen LogP contribution is -2.48. The van der Waals surface area contributed by atoms with E-state index in [9.17, 15) is 9.59 Å². The van der Waals surface area contributed by atoms with Crippen molar-refractivity contribution in [2.45, 2.75) is 19.5 Å². The van der Waals surface area contributed by atoms with Crippen molar-refractivity contribution in [1.29, 1.82) is 0 Å². The van der Waals surface area contributed by atoms with E-state index in [-0.39, 0.29) is 25.0 Å². The van der Waals surface area contributed by atoms with Gasteiger partial charge < -0.3 is 15.0 Å². The van der Waals surface area contributed by atoms with E-state index in [0.717, 1.165) is 10.0 Å². The Morgan fingerprint density at radius 3 is 2.59 bits per heavy atom. The summed E-state index contributed by atoms with van der Waals surface area (Å²) in [6.07, 6.45) is 0. The molecule has 0 saturated carbocycles. The summed E-state index contributed by atoms with van der Waals surface area (Å²) in [6, 6.07) is 11.6. The third-order valence-electron chi connectivity index (χ3n) is 3.90. The van der Waals surface area contributed by atoms with E-state index in [0.29, 0.717) is 15.8 Å². The van der Waals surface area contributed by atoms with Crippen molar-refractivity contribution in [2.75, 3.05) is 13.7 Å². The molecule has 0 spiro atoms. The molecular formula is C19H19BrCl2N2O3. The van der Waals surface area contributed by atoms with Crippen LogP contribution in [-0.2, 0) is 16.1 Å². The summed E-state index contributed by atoms with van der Waals surface area (Å²) in [5.74, 6) is -0.246. The molecule has 8 heteroatoms. The summed E-state index contributed by atoms with van der Waals surface area (Å²) in [4.78, 5) is 26.3. The monoisotopic (exact) mass is 472 g/mol. The number of carbonyl (C=O) groups is 2. The fourth-order valence-electron chi connectivity index (χ4n) is 2.44. The zero-order valence-electron chi connectivity index (χ0n) is 14.8. The molecule has 0 radical (unpaired) electrons. The highest BCUT2D eigenvalue weighted by Crippen LogP contribution is 2.27. The quantitative estimate of drug-likeness (QED) is 0.652. The largest absolute Gasteiger partial charge is 0.482 e. The van der Waals surface area contributed by atoms with Crippen LogP contribution in [0.1, 0.15) is 12.5 Å². The molecule has 27 heavy (non-hydrogen) atoms. The van der Waals surface area contributed by atoms with Crippen molar-refractivity contribution < 1.29 is 14.3 Å². The molecule has 0 aromatic heterocycles. The first-order valence-electron chi connectivity index (χ1n) is 8.15. The third-order valence-corrected chi connectivity index (χ3v) is 4.92. The molecule has 0 aliphatic rings. The van der Waals surface area contributed by atoms with Crippen LogP contribution in [0, 0.1) is 0 Å². The minimum atomic E-state index is -0.661. The number of benzene rings is 2. The van der Waals surface area contributed by atoms with Gasteiger partial charge in [-0.05, 0) is 42.8 Å². The molecular weight excluding hydrogens is 455 g/mol. The molecule has 0 fully saturated rings. The van der Waals surface area contributed by atoms with Crippen LogP contribution in [-0.4, -0.2) is 36.4 Å². The van der Waals surface area contributed by atoms with Crippen LogP contribution in [0.25, 0.3) is 0 Å². The predicted octanol–water partition coefficient (Wildman–Crippen LogP) is 4.30. The Labute approximate surface area is 176 Å². The van der Waals surface area contributed by atoms with Gasteiger partial charge in [-0.15, -0.1) is 0 Å². The van der Waals surface area contributed by atoms with E-state index in [1.54, 1.807) is 19.1 Å². The fourth-order valence-corrected chi connectivity index (χ4v) is 3.35. The van der Waals surface area contributed by atoms with Crippen LogP contribution >= 0.6 is 39.1 Å². The number of hydrogen-bond donors (Lipinski definition) is 1. The summed E-state index contributed by atoms with van der Waals surface area (Å²) in [5.41, 5.74) is 0.887. The van der Waals surface area contributed by atoms with Gasteiger partial charge in [0.25, 0.3) is 5.91 Å². The molecule has 0 bridgehead atoms. The maximum atomic E-state index is 12.8. The Bertz CT molecular complexity index is 832. The van der Waals surface area contributed by atoms with Gasteiger partial charge in [0.2, 0.25) is 5.91 Å². The number of rotatable bonds is 7. The minimum absolute atomic E-state index is 0.253. The van der Waals surface area contributed by atoms with Crippen molar-refractivity contribution in [1.82, 2.24) is 10.2 Å². The van der Waals surface area contributed by atoms with Gasteiger partial charge in [0.15, 0.2) is 6.61 Å². The number of likely N-dealkylation sites (N-methyl/N-ethyl adjacent to an activating group) is 1. The molecule has 0 aliphatic carbocycles. The average molecular weight is 474 g/mol. The van der Waals surface area contributed by atoms with Gasteiger partial charge in [-0.1, -0.05) is 51.3 Å². The van der Waals surface area contributed by atoms with E-state index < -0.39 is 6.04 Å². The van der Waals surface area contributed by atoms with Crippen LogP contribution in [0.2, 0.25) is 10.0 Å². The third kappa shape index (κ3) is 6.13. The Morgan fingerprint density at radius 2 is 1.96 bits per heavy atom. The SMILES string of the molecule is CNC(=O)[C@H](C)N(Cc1cccc(Br)c1)C(=O)COc1ccc(Cl)cc1Cl. The lowest BCUT2D eigenvalue weighted by atomic mass is 10.1. The van der Waals surface area contributed by atoms with Crippen molar-refractivity contribution in [3.63, 3.8) is 0 Å². The number of nitrogens with zero attached hydrogens (tertiary/aromatic N) is 1. The molecule has 2 amide bonds. The van der Waals surface area contributed by atoms with Crippen LogP contribution in [0.4, 0.5) is 0 Å². The summed E-state index contributed by atoms with van der Waals surface area (Å²) < 4.78 is 6.43. The van der Waals surface area contributed by atoms with Gasteiger partial charge >= 0.3 is 0 Å². The van der Waals surface area contributed by atoms with Gasteiger partial charge in [0, 0.05) is 23.1 Å². The molecule has 0 saturated heterocycles. The molecule has 2 aromatic rings. The normalized spacial score (nSPS) is 11.6. The lowest BCUT2D eigenvalue weighted by Gasteiger charge is -2.28. The highest BCUT2D eigenvalue weighted by molar-refractivity contribution is 9.10. The van der Waals surface area contributed by atoms with Gasteiger partial charge in [-0.25, -0.2) is 0 Å². The van der Waals surface area contributed by atoms with E-state index in [4.69, 9.17) is 27.9 Å². The van der Waals surface area contributed by atoms with E-state index >= 15 is 0 Å². The zero-order chi connectivity index (χ0) is 20.0. The maximum Gasteiger partial charge on any atom is 0.261 e. The molecule has 0 unspecified atom stereocenters. The zero-order valence-corrected chi connectivity index (χ0v) is 17.9. The Hall–Kier alpha value is -1.76. The number of nitrogens with one attached hydrogen (secondary N) is 1. The molecule has 1 atom stereocenters. The predicted molar refractivity (Wildman–Crippen MR) is 110 cm³/mol. The molecule has 144 valence electrons. The first kappa shape index (κ1) is 21.5. The molecule has 0 heterocycles. The molecule has 2 rings (SSSR count). The number of halogens is 3. The molecule has 0 aliphatic heterocycles. The highest BCUT2D eigenvalue weighted by atomic mass is 79.9. The minimum Gasteiger partial charge on any atom is -0.482 e. The van der Waals surface area contributed by atoms with Gasteiger partial charge in [0.05, 0.1) is 5.02 Å². The number of ether oxygens (including phenoxy) is 1. The first-order chi connectivity index (χ1) is 12.8. The van der Waals surface area contributed by atoms with E-state index in [1.165, 1.54) is 18.0 Å². The van der Waals surface area contributed by atoms with Gasteiger partial charge in [-0.3, -0.25) is 9.59 Å². The average Bonchev–Trinajstić information content (AvgIpc) is 2.64. The second kappa shape index (κ2) is 9.97. The van der Waals surface area contributed by atoms with Crippen LogP contribution < -0.4 is 10.1 Å². The van der Waals surface area contributed by atoms with Crippen LogP contribution in [0.15, 0.2) is 46.9 Å². The van der Waals surface area contributed by atoms with Crippen molar-refractivity contribution in [3.8, 4) is 5.75 Å². The molecule has 5 nitrogen and oxygen atoms in total. The fraction of sp³-hybridized carbons (Fsp3) is 0.263. The maximum absolute atomic E-state index is 12.8. The summed E-state index contributed by atoms with van der Waals surface area (Å²) >= 11 is 15.3. The van der Waals surface area contributed by atoms with Gasteiger partial charge in [-0.2, -0.15) is 0 Å². The Balaban J connectivity index is 2.15. The van der Waals surface area contributed by atoms with Gasteiger partial charge in [0.1, 0.15) is 11.8 Å². The van der Waals surface area contributed by atoms with Crippen molar-refractivity contribution in [2.24, 2.45) is 0 Å². The van der Waals surface area contributed by atoms with E-state index in [1.807, 2.05) is 24.3 Å². The number of carbonyl (C=O) groups excluding carboxylic acids is 2. The topological polar surface area (TPSA) is 58.6 Å². The molecule has 1 N–H and O–H groups in total. The summed E-state index contributed by atoms with van der Waals surface area (Å²) in [7, 11) is 1.53. The number of hydrogen-bond acceptors (Lipinski definition) is 3. The van der Waals surface area contributed by atoms with Crippen LogP contribution in [0.5, 0.6) is 5.75 Å². The van der Waals surface area contributed by atoms with Crippen molar-refractivity contribution >= 4 is 50.9 Å². The Morgan fingerprint density at radius 1 is 1.22 bits per heavy atom. The smallest absolute Gasteiger partial charge is 0.261 e. The number of amides is 2. The summed E-state index contributed by atoms with van der Waals surface area (Å²) in [5, 5.41) is 3.36. The standard InChI is InChI=1S/C19H19BrCl2N2O3/c1-12(19(26)23-2)24(10-13-4-3-5-14(20)8-13)18(25)11-27-17-7-6-15(21)9-16(17)22/h3-9,12H,10-11H2,1-2H3,(H,23,26)/t12-/m0/s1. The van der Waals surface area contributed by atoms with Crippen molar-refractivity contribution in [3.05, 3.63) is 62.5 Å². The first-order valence-corrected chi connectivity index (χ1v) is 9.70. The lowest BCUT2D eigenvalue weighted by molar-refractivity contribution is -0.142. The molecule has 2 aromatic carbocycles. The second-order valence-corrected chi connectivity index (χ2v) is 7.56. The van der Waals surface area contributed by atoms with Crippen LogP contribution in [0.3, 0.4) is 0 Å². The Kier molecular flexibility index (Phi) is 7.95. The highest BCUT2D eigenvalue weighted by Gasteiger charge is 2.26.